The van der Waals surface area contributed by atoms with Gasteiger partial charge in [-0.25, -0.2) is 0 Å². The van der Waals surface area contributed by atoms with E-state index in [0.717, 1.165) is 19.4 Å². The van der Waals surface area contributed by atoms with E-state index in [0.29, 0.717) is 6.61 Å². The minimum Gasteiger partial charge on any atom is 0 e. The van der Waals surface area contributed by atoms with Crippen LogP contribution < -0.4 is 10.4 Å². The third-order valence-corrected chi connectivity index (χ3v) is 10.2. The zero-order valence-corrected chi connectivity index (χ0v) is 25.9. The predicted octanol–water partition coefficient (Wildman–Crippen LogP) is 3.91. The first kappa shape index (κ1) is 51.3. The molecule has 2 aromatic carbocycles. The van der Waals surface area contributed by atoms with Crippen molar-refractivity contribution in [2.45, 2.75) is 51.2 Å². The summed E-state index contributed by atoms with van der Waals surface area (Å²) < 4.78 is 57.5. The number of benzene rings is 2. The Morgan fingerprint density at radius 3 is 1.44 bits per heavy atom. The smallest absolute Gasteiger partial charge is 0 e. The van der Waals surface area contributed by atoms with Crippen molar-refractivity contribution in [1.29, 1.82) is 0 Å². The van der Waals surface area contributed by atoms with E-state index in [-0.39, 0.29) is 44.7 Å². The van der Waals surface area contributed by atoms with Gasteiger partial charge in [-0.1, -0.05) is 93.3 Å². The summed E-state index contributed by atoms with van der Waals surface area (Å²) >= 11 is 0. The third kappa shape index (κ3) is 18.6. The predicted molar refractivity (Wildman–Crippen MR) is 139 cm³/mol. The summed E-state index contributed by atoms with van der Waals surface area (Å²) in [6.07, 6.45) is 3.46. The van der Waals surface area contributed by atoms with Gasteiger partial charge in [-0.05, 0) is 34.7 Å². The van der Waals surface area contributed by atoms with Gasteiger partial charge in [0.05, 0.1) is 6.61 Å². The molecular weight excluding hydrogens is 634 g/mol. The van der Waals surface area contributed by atoms with E-state index in [1.165, 1.54) is 16.8 Å². The molecule has 41 heavy (non-hydrogen) atoms. The van der Waals surface area contributed by atoms with Crippen LogP contribution in [-0.4, -0.2) is 27.6 Å². The van der Waals surface area contributed by atoms with E-state index in [2.05, 4.69) is 133 Å². The standard InChI is InChI=1S/C24H30O2Si.6CO.2Co/c1-24(2,3)27(22-15-6-4-7-16-22,23-17-8-5-9-18-23)26-20-12-14-21-13-10-11-19-25-21;6*1-2;;/h4-9,15-18,21H,10-11,13,19-20H2,1-3H3;;;;;;;;. The fourth-order valence-electron chi connectivity index (χ4n) is 3.92. The molecule has 0 bridgehead atoms. The van der Waals surface area contributed by atoms with Crippen molar-refractivity contribution in [2.75, 3.05) is 13.2 Å². The topological polar surface area (TPSA) is 138 Å². The molecule has 1 atom stereocenters. The number of hydrogen-bond acceptors (Lipinski definition) is 2. The molecule has 8 nitrogen and oxygen atoms in total. The molecule has 0 spiro atoms. The molecule has 2 radical (unpaired) electrons. The van der Waals surface area contributed by atoms with Gasteiger partial charge in [-0.3, -0.25) is 0 Å². The molecule has 1 heterocycles. The SMILES string of the molecule is CC(C)(C)[Si](OCC#CC1CCCCO1)(c1ccccc1)c1ccccc1.[C-]#[O+].[C-]#[O+].[C-]#[O+].[C-]#[O+].[C-]#[O+].[C-]#[O+].[Co].[Co]. The van der Waals surface area contributed by atoms with Crippen LogP contribution in [0.15, 0.2) is 60.7 Å². The first-order valence-corrected chi connectivity index (χ1v) is 13.0. The molecule has 0 aromatic heterocycles. The largest absolute Gasteiger partial charge is 0 e. The van der Waals surface area contributed by atoms with E-state index in [1.807, 2.05) is 0 Å². The van der Waals surface area contributed by atoms with E-state index in [9.17, 15) is 0 Å². The zero-order chi connectivity index (χ0) is 31.2. The molecule has 0 amide bonds. The van der Waals surface area contributed by atoms with Crippen molar-refractivity contribution in [2.24, 2.45) is 0 Å². The molecule has 3 rings (SSSR count). The quantitative estimate of drug-likeness (QED) is 0.212. The molecule has 0 aliphatic carbocycles. The van der Waals surface area contributed by atoms with E-state index in [4.69, 9.17) is 37.1 Å². The summed E-state index contributed by atoms with van der Waals surface area (Å²) in [5.74, 6) is 6.53. The van der Waals surface area contributed by atoms with Crippen molar-refractivity contribution in [1.82, 2.24) is 0 Å². The maximum absolute atomic E-state index is 7.50. The van der Waals surface area contributed by atoms with Crippen molar-refractivity contribution < 1.29 is 70.6 Å². The fraction of sp³-hybridized carbons (Fsp3) is 0.333. The monoisotopic (exact) mass is 664 g/mol. The van der Waals surface area contributed by atoms with E-state index < -0.39 is 8.32 Å². The van der Waals surface area contributed by atoms with Crippen LogP contribution >= 0.6 is 0 Å². The van der Waals surface area contributed by atoms with Crippen molar-refractivity contribution in [3.05, 3.63) is 101 Å². The minimum atomic E-state index is -2.48. The maximum Gasteiger partial charge on any atom is 0 e. The molecule has 1 fully saturated rings. The molecule has 1 unspecified atom stereocenters. The second kappa shape index (κ2) is 35.6. The molecule has 1 saturated heterocycles. The van der Waals surface area contributed by atoms with Gasteiger partial charge in [-0.15, -0.1) is 0 Å². The number of rotatable bonds is 4. The minimum absolute atomic E-state index is 0. The average molecular weight is 665 g/mol. The second-order valence-electron chi connectivity index (χ2n) is 8.13. The molecule has 0 N–H and O–H groups in total. The normalized spacial score (nSPS) is 12.0. The van der Waals surface area contributed by atoms with Gasteiger partial charge >= 0.3 is 67.8 Å². The van der Waals surface area contributed by atoms with Crippen molar-refractivity contribution >= 4 is 18.7 Å². The molecule has 0 saturated carbocycles. The zero-order valence-electron chi connectivity index (χ0n) is 22.8. The Morgan fingerprint density at radius 2 is 1.12 bits per heavy atom. The molecule has 11 heteroatoms. The van der Waals surface area contributed by atoms with Crippen LogP contribution in [0.2, 0.25) is 5.04 Å². The average Bonchev–Trinajstić information content (AvgIpc) is 3.04. The van der Waals surface area contributed by atoms with Crippen LogP contribution in [0.5, 0.6) is 0 Å². The Hall–Kier alpha value is -2.41. The second-order valence-corrected chi connectivity index (χ2v) is 12.4. The molecule has 1 aliphatic rings. The van der Waals surface area contributed by atoms with E-state index in [1.54, 1.807) is 0 Å². The molecule has 220 valence electrons. The van der Waals surface area contributed by atoms with Gasteiger partial charge in [-0.2, -0.15) is 0 Å². The summed E-state index contributed by atoms with van der Waals surface area (Å²) in [4.78, 5) is 0. The molecular formula is C30H30Co2O8Si. The summed E-state index contributed by atoms with van der Waals surface area (Å²) in [6.45, 7) is 35.1. The van der Waals surface area contributed by atoms with Crippen molar-refractivity contribution in [3.8, 4) is 11.8 Å². The van der Waals surface area contributed by atoms with E-state index >= 15 is 0 Å². The summed E-state index contributed by atoms with van der Waals surface area (Å²) in [6, 6.07) is 21.4. The summed E-state index contributed by atoms with van der Waals surface area (Å²) in [5, 5.41) is 2.57. The van der Waals surface area contributed by atoms with Crippen LogP contribution in [0, 0.1) is 51.7 Å². The van der Waals surface area contributed by atoms with Gasteiger partial charge in [0, 0.05) is 40.2 Å². The van der Waals surface area contributed by atoms with Crippen LogP contribution in [0.3, 0.4) is 0 Å². The Kier molecular flexibility index (Phi) is 44.6. The molecule has 1 aliphatic heterocycles. The number of hydrogen-bond donors (Lipinski definition) is 0. The van der Waals surface area contributed by atoms with Gasteiger partial charge in [0.2, 0.25) is 0 Å². The Bertz CT molecular complexity index is 956. The number of ether oxygens (including phenoxy) is 1. The van der Waals surface area contributed by atoms with Gasteiger partial charge in [0.25, 0.3) is 8.32 Å². The van der Waals surface area contributed by atoms with Crippen LogP contribution in [0.4, 0.5) is 0 Å². The Balaban J connectivity index is -0.000000195. The Morgan fingerprint density at radius 1 is 0.732 bits per heavy atom. The van der Waals surface area contributed by atoms with Gasteiger partial charge in [0.1, 0.15) is 6.10 Å². The fourth-order valence-corrected chi connectivity index (χ4v) is 8.36. The van der Waals surface area contributed by atoms with Gasteiger partial charge < -0.3 is 9.16 Å². The van der Waals surface area contributed by atoms with Crippen molar-refractivity contribution in [3.63, 3.8) is 0 Å². The van der Waals surface area contributed by atoms with Crippen LogP contribution in [-0.2, 0) is 70.6 Å². The third-order valence-electron chi connectivity index (χ3n) is 5.22. The summed E-state index contributed by atoms with van der Waals surface area (Å²) in [5.41, 5.74) is 0. The summed E-state index contributed by atoms with van der Waals surface area (Å²) in [7, 11) is -2.48. The van der Waals surface area contributed by atoms with Crippen LogP contribution in [0.25, 0.3) is 0 Å². The van der Waals surface area contributed by atoms with Gasteiger partial charge in [0.15, 0.2) is 0 Å². The first-order valence-electron chi connectivity index (χ1n) is 11.1. The van der Waals surface area contributed by atoms with Crippen LogP contribution in [0.1, 0.15) is 40.0 Å². The first-order chi connectivity index (χ1) is 19.0. The molecule has 2 aromatic rings. The maximum atomic E-state index is 7.50. The Labute approximate surface area is 265 Å².